The Bertz CT molecular complexity index is 1120. The number of carbonyl (C=O) groups excluding carboxylic acids is 2. The van der Waals surface area contributed by atoms with E-state index in [9.17, 15) is 14.4 Å². The maximum Gasteiger partial charge on any atom is 0.313 e. The van der Waals surface area contributed by atoms with Crippen molar-refractivity contribution in [3.05, 3.63) is 102 Å². The normalized spacial score (nSPS) is 10.9. The van der Waals surface area contributed by atoms with Gasteiger partial charge in [0.05, 0.1) is 22.7 Å². The van der Waals surface area contributed by atoms with Crippen LogP contribution in [0.5, 0.6) is 0 Å². The highest BCUT2D eigenvalue weighted by molar-refractivity contribution is 8.00. The summed E-state index contributed by atoms with van der Waals surface area (Å²) in [6.07, 6.45) is 0. The molecule has 0 radical (unpaired) electrons. The maximum atomic E-state index is 12.8. The maximum absolute atomic E-state index is 12.8. The number of benzene rings is 3. The lowest BCUT2D eigenvalue weighted by Gasteiger charge is -2.11. The van der Waals surface area contributed by atoms with E-state index >= 15 is 0 Å². The van der Waals surface area contributed by atoms with Gasteiger partial charge in [-0.2, -0.15) is 5.10 Å². The molecule has 0 bridgehead atoms. The van der Waals surface area contributed by atoms with E-state index in [1.165, 1.54) is 11.8 Å². The summed E-state index contributed by atoms with van der Waals surface area (Å²) in [5.41, 5.74) is 4.93. The summed E-state index contributed by atoms with van der Waals surface area (Å²) in [7, 11) is 0. The van der Waals surface area contributed by atoms with Crippen LogP contribution in [0.2, 0.25) is 0 Å². The van der Waals surface area contributed by atoms with E-state index in [-0.39, 0.29) is 17.2 Å². The van der Waals surface area contributed by atoms with Crippen LogP contribution < -0.4 is 10.7 Å². The van der Waals surface area contributed by atoms with Crippen molar-refractivity contribution in [2.24, 2.45) is 5.10 Å². The van der Waals surface area contributed by atoms with Gasteiger partial charge >= 0.3 is 5.97 Å². The number of nitrogens with zero attached hydrogens (tertiary/aromatic N) is 1. The van der Waals surface area contributed by atoms with Crippen LogP contribution in [0.15, 0.2) is 90.0 Å². The van der Waals surface area contributed by atoms with Crippen LogP contribution in [0.3, 0.4) is 0 Å². The van der Waals surface area contributed by atoms with Gasteiger partial charge in [-0.05, 0) is 29.8 Å². The molecule has 0 unspecified atom stereocenters. The molecule has 0 aliphatic heterocycles. The van der Waals surface area contributed by atoms with E-state index in [2.05, 4.69) is 15.8 Å². The zero-order chi connectivity index (χ0) is 22.8. The highest BCUT2D eigenvalue weighted by Gasteiger charge is 2.14. The quantitative estimate of drug-likeness (QED) is 0.341. The Balaban J connectivity index is 1.76. The number of carbonyl (C=O) groups is 3. The molecule has 3 aromatic rings. The molecule has 0 aliphatic carbocycles. The third-order valence-corrected chi connectivity index (χ3v) is 5.25. The molecule has 2 amide bonds. The molecule has 0 aliphatic rings. The smallest absolute Gasteiger partial charge is 0.313 e. The molecule has 3 rings (SSSR count). The Morgan fingerprint density at radius 1 is 0.750 bits per heavy atom. The molecule has 0 spiro atoms. The highest BCUT2D eigenvalue weighted by atomic mass is 32.2. The minimum atomic E-state index is -0.922. The fourth-order valence-electron chi connectivity index (χ4n) is 2.80. The average molecular weight is 448 g/mol. The average Bonchev–Trinajstić information content (AvgIpc) is 2.82. The van der Waals surface area contributed by atoms with Gasteiger partial charge in [0.1, 0.15) is 0 Å². The van der Waals surface area contributed by atoms with Crippen LogP contribution in [0, 0.1) is 0 Å². The molecule has 0 saturated heterocycles. The Labute approximate surface area is 189 Å². The number of hydrogen-bond acceptors (Lipinski definition) is 5. The molecule has 162 valence electrons. The van der Waals surface area contributed by atoms with Crippen molar-refractivity contribution in [2.75, 3.05) is 16.8 Å². The Morgan fingerprint density at radius 2 is 1.34 bits per heavy atom. The lowest BCUT2D eigenvalue weighted by atomic mass is 10.1. The fraction of sp³-hybridized carbons (Fsp3) is 0.0833. The monoisotopic (exact) mass is 447 g/mol. The number of anilines is 1. The van der Waals surface area contributed by atoms with Gasteiger partial charge < -0.3 is 10.4 Å². The van der Waals surface area contributed by atoms with Crippen molar-refractivity contribution in [3.63, 3.8) is 0 Å². The number of carboxylic acid groups (broad SMARTS) is 1. The van der Waals surface area contributed by atoms with E-state index in [4.69, 9.17) is 5.11 Å². The first kappa shape index (κ1) is 22.8. The Morgan fingerprint density at radius 3 is 2.00 bits per heavy atom. The summed E-state index contributed by atoms with van der Waals surface area (Å²) in [5.74, 6) is -1.51. The molecule has 3 aromatic carbocycles. The molecule has 32 heavy (non-hydrogen) atoms. The molecule has 3 N–H and O–H groups in total. The number of hydrogen-bond donors (Lipinski definition) is 3. The molecular weight excluding hydrogens is 426 g/mol. The Hall–Kier alpha value is -3.91. The van der Waals surface area contributed by atoms with Crippen LogP contribution in [-0.4, -0.2) is 40.1 Å². The summed E-state index contributed by atoms with van der Waals surface area (Å²) in [5, 5.41) is 15.9. The molecule has 0 heterocycles. The van der Waals surface area contributed by atoms with Gasteiger partial charge in [0.2, 0.25) is 0 Å². The summed E-state index contributed by atoms with van der Waals surface area (Å²) >= 11 is 1.18. The lowest BCUT2D eigenvalue weighted by molar-refractivity contribution is -0.133. The minimum absolute atomic E-state index is 0.0752. The first-order valence-corrected chi connectivity index (χ1v) is 10.9. The predicted octanol–water partition coefficient (Wildman–Crippen LogP) is 3.89. The fourth-order valence-corrected chi connectivity index (χ4v) is 3.50. The van der Waals surface area contributed by atoms with Gasteiger partial charge in [0.25, 0.3) is 11.8 Å². The summed E-state index contributed by atoms with van der Waals surface area (Å²) in [4.78, 5) is 36.2. The molecule has 7 nitrogen and oxygen atoms in total. The van der Waals surface area contributed by atoms with Crippen molar-refractivity contribution in [2.45, 2.75) is 0 Å². The number of hydrazone groups is 1. The van der Waals surface area contributed by atoms with Crippen LogP contribution in [0.25, 0.3) is 0 Å². The molecule has 0 atom stereocenters. The van der Waals surface area contributed by atoms with Crippen LogP contribution in [-0.2, 0) is 4.79 Å². The van der Waals surface area contributed by atoms with Crippen molar-refractivity contribution >= 4 is 40.9 Å². The zero-order valence-electron chi connectivity index (χ0n) is 17.0. The van der Waals surface area contributed by atoms with E-state index in [1.807, 2.05) is 36.4 Å². The summed E-state index contributed by atoms with van der Waals surface area (Å²) in [6, 6.07) is 24.5. The van der Waals surface area contributed by atoms with E-state index < -0.39 is 11.9 Å². The summed E-state index contributed by atoms with van der Waals surface area (Å²) < 4.78 is 0. The first-order chi connectivity index (χ1) is 15.5. The van der Waals surface area contributed by atoms with Gasteiger partial charge in [-0.3, -0.25) is 14.4 Å². The van der Waals surface area contributed by atoms with Gasteiger partial charge in [-0.15, -0.1) is 11.8 Å². The highest BCUT2D eigenvalue weighted by Crippen LogP contribution is 2.17. The van der Waals surface area contributed by atoms with E-state index in [0.717, 1.165) is 5.56 Å². The van der Waals surface area contributed by atoms with Crippen LogP contribution in [0.4, 0.5) is 5.69 Å². The molecular formula is C24H21N3O4S. The number of rotatable bonds is 9. The third-order valence-electron chi connectivity index (χ3n) is 4.32. The van der Waals surface area contributed by atoms with Crippen LogP contribution in [0.1, 0.15) is 26.3 Å². The number of carboxylic acids is 1. The van der Waals surface area contributed by atoms with Gasteiger partial charge in [-0.25, -0.2) is 5.43 Å². The number of para-hydroxylation sites is 1. The third kappa shape index (κ3) is 6.55. The van der Waals surface area contributed by atoms with Gasteiger partial charge in [0.15, 0.2) is 0 Å². The predicted molar refractivity (Wildman–Crippen MR) is 126 cm³/mol. The molecule has 0 saturated carbocycles. The zero-order valence-corrected chi connectivity index (χ0v) is 17.8. The van der Waals surface area contributed by atoms with Gasteiger partial charge in [-0.1, -0.05) is 60.7 Å². The second-order valence-corrected chi connectivity index (χ2v) is 7.60. The minimum Gasteiger partial charge on any atom is -0.481 e. The standard InChI is InChI=1S/C24H21N3O4S/c28-22(29)16-32-15-21(17-9-3-1-4-10-17)26-27-24(31)19-13-7-8-14-20(19)25-23(30)18-11-5-2-6-12-18/h1-14H,15-16H2,(H,25,30)(H,27,31)(H,28,29). The first-order valence-electron chi connectivity index (χ1n) is 9.72. The lowest BCUT2D eigenvalue weighted by Crippen LogP contribution is -2.23. The largest absolute Gasteiger partial charge is 0.481 e. The second kappa shape index (κ2) is 11.5. The molecule has 8 heteroatoms. The molecule has 0 fully saturated rings. The number of nitrogens with one attached hydrogen (secondary N) is 2. The number of aliphatic carboxylic acids is 1. The van der Waals surface area contributed by atoms with Crippen molar-refractivity contribution < 1.29 is 19.5 Å². The SMILES string of the molecule is O=C(O)CSCC(=NNC(=O)c1ccccc1NC(=O)c1ccccc1)c1ccccc1. The van der Waals surface area contributed by atoms with Crippen molar-refractivity contribution in [1.29, 1.82) is 0 Å². The van der Waals surface area contributed by atoms with Crippen molar-refractivity contribution in [1.82, 2.24) is 5.43 Å². The van der Waals surface area contributed by atoms with E-state index in [0.29, 0.717) is 22.7 Å². The Kier molecular flexibility index (Phi) is 8.16. The van der Waals surface area contributed by atoms with Crippen LogP contribution >= 0.6 is 11.8 Å². The number of amides is 2. The number of thioether (sulfide) groups is 1. The second-order valence-electron chi connectivity index (χ2n) is 6.62. The summed E-state index contributed by atoms with van der Waals surface area (Å²) in [6.45, 7) is 0. The van der Waals surface area contributed by atoms with Crippen molar-refractivity contribution in [3.8, 4) is 0 Å². The van der Waals surface area contributed by atoms with Gasteiger partial charge in [0, 0.05) is 11.3 Å². The van der Waals surface area contributed by atoms with E-state index in [1.54, 1.807) is 48.5 Å². The molecule has 0 aromatic heterocycles. The topological polar surface area (TPSA) is 108 Å².